The Kier molecular flexibility index (Phi) is 2.11. The molecule has 0 aromatic carbocycles. The predicted octanol–water partition coefficient (Wildman–Crippen LogP) is -0.154. The van der Waals surface area contributed by atoms with Gasteiger partial charge >= 0.3 is 0 Å². The normalized spacial score (nSPS) is 48.0. The molecule has 0 spiro atoms. The van der Waals surface area contributed by atoms with Gasteiger partial charge in [0.05, 0.1) is 6.10 Å². The van der Waals surface area contributed by atoms with Gasteiger partial charge in [0.25, 0.3) is 0 Å². The fraction of sp³-hybridized carbons (Fsp3) is 1.00. The minimum absolute atomic E-state index is 0.00363. The lowest BCUT2D eigenvalue weighted by atomic mass is 10.1. The topological polar surface area (TPSA) is 64.7 Å². The fourth-order valence-electron chi connectivity index (χ4n) is 2.31. The molecule has 1 aliphatic carbocycles. The van der Waals surface area contributed by atoms with E-state index in [-0.39, 0.29) is 30.8 Å². The first-order valence-electron chi connectivity index (χ1n) is 4.75. The Bertz CT molecular complexity index is 207. The van der Waals surface area contributed by atoms with Gasteiger partial charge in [-0.15, -0.1) is 0 Å². The smallest absolute Gasteiger partial charge is 0.163 e. The lowest BCUT2D eigenvalue weighted by Gasteiger charge is -2.21. The van der Waals surface area contributed by atoms with Gasteiger partial charge < -0.3 is 20.3 Å². The molecule has 1 saturated heterocycles. The van der Waals surface area contributed by atoms with Gasteiger partial charge in [-0.25, -0.2) is 0 Å². The summed E-state index contributed by atoms with van der Waals surface area (Å²) >= 11 is 0. The molecule has 1 saturated carbocycles. The molecule has 76 valence electrons. The number of hydrogen-bond acceptors (Lipinski definition) is 4. The summed E-state index contributed by atoms with van der Waals surface area (Å²) in [5.41, 5.74) is 5.89. The second-order valence-corrected chi connectivity index (χ2v) is 4.41. The summed E-state index contributed by atoms with van der Waals surface area (Å²) < 4.78 is 11.3. The van der Waals surface area contributed by atoms with Crippen LogP contribution in [0.3, 0.4) is 0 Å². The van der Waals surface area contributed by atoms with Crippen LogP contribution in [0, 0.1) is 5.92 Å². The van der Waals surface area contributed by atoms with Crippen LogP contribution >= 0.6 is 0 Å². The lowest BCUT2D eigenvalue weighted by Crippen LogP contribution is -2.34. The summed E-state index contributed by atoms with van der Waals surface area (Å²) in [5.74, 6) is -0.400. The molecule has 2 fully saturated rings. The molecule has 3 N–H and O–H groups in total. The van der Waals surface area contributed by atoms with Crippen molar-refractivity contribution in [1.29, 1.82) is 0 Å². The monoisotopic (exact) mass is 187 g/mol. The van der Waals surface area contributed by atoms with E-state index in [2.05, 4.69) is 0 Å². The molecule has 1 aliphatic heterocycles. The van der Waals surface area contributed by atoms with Crippen molar-refractivity contribution in [2.24, 2.45) is 11.7 Å². The van der Waals surface area contributed by atoms with Crippen LogP contribution in [-0.2, 0) is 9.47 Å². The van der Waals surface area contributed by atoms with Crippen molar-refractivity contribution in [3.8, 4) is 0 Å². The van der Waals surface area contributed by atoms with Crippen LogP contribution in [0.5, 0.6) is 0 Å². The minimum atomic E-state index is -0.541. The van der Waals surface area contributed by atoms with Crippen molar-refractivity contribution in [3.63, 3.8) is 0 Å². The molecule has 1 heterocycles. The Morgan fingerprint density at radius 2 is 2.00 bits per heavy atom. The number of hydrogen-bond donors (Lipinski definition) is 2. The van der Waals surface area contributed by atoms with Crippen molar-refractivity contribution in [1.82, 2.24) is 0 Å². The lowest BCUT2D eigenvalue weighted by molar-refractivity contribution is -0.159. The number of nitrogens with two attached hydrogens (primary N) is 1. The third-order valence-corrected chi connectivity index (χ3v) is 2.86. The van der Waals surface area contributed by atoms with E-state index in [0.717, 1.165) is 6.42 Å². The molecule has 0 aromatic heterocycles. The van der Waals surface area contributed by atoms with E-state index >= 15 is 0 Å². The first-order valence-corrected chi connectivity index (χ1v) is 4.75. The van der Waals surface area contributed by atoms with Crippen LogP contribution < -0.4 is 5.73 Å². The Balaban J connectivity index is 2.12. The van der Waals surface area contributed by atoms with E-state index in [0.29, 0.717) is 0 Å². The largest absolute Gasteiger partial charge is 0.396 e. The standard InChI is InChI=1S/C9H17NO3/c1-9(2)12-7-5(4-11)3-6(10)8(7)13-9/h5-8,11H,3-4,10H2,1-2H3/t5-,6-,7+,8-/m1/s1. The van der Waals surface area contributed by atoms with Crippen LogP contribution in [0.25, 0.3) is 0 Å². The summed E-state index contributed by atoms with van der Waals surface area (Å²) in [6.45, 7) is 3.90. The molecular weight excluding hydrogens is 170 g/mol. The van der Waals surface area contributed by atoms with Crippen LogP contribution in [0.2, 0.25) is 0 Å². The highest BCUT2D eigenvalue weighted by molar-refractivity contribution is 4.99. The highest BCUT2D eigenvalue weighted by Crippen LogP contribution is 2.40. The highest BCUT2D eigenvalue weighted by Gasteiger charge is 2.52. The molecule has 0 unspecified atom stereocenters. The maximum Gasteiger partial charge on any atom is 0.163 e. The average Bonchev–Trinajstić information content (AvgIpc) is 2.47. The third-order valence-electron chi connectivity index (χ3n) is 2.86. The molecular formula is C9H17NO3. The van der Waals surface area contributed by atoms with Gasteiger partial charge in [-0.2, -0.15) is 0 Å². The maximum atomic E-state index is 9.11. The minimum Gasteiger partial charge on any atom is -0.396 e. The SMILES string of the molecule is CC1(C)O[C@H]2[C@@H](CO)C[C@@H](N)[C@H]2O1. The molecule has 0 amide bonds. The van der Waals surface area contributed by atoms with Crippen molar-refractivity contribution in [3.05, 3.63) is 0 Å². The Hall–Kier alpha value is -0.160. The van der Waals surface area contributed by atoms with Crippen molar-refractivity contribution in [2.45, 2.75) is 44.3 Å². The summed E-state index contributed by atoms with van der Waals surface area (Å²) in [6.07, 6.45) is 0.740. The van der Waals surface area contributed by atoms with Crippen molar-refractivity contribution in [2.75, 3.05) is 6.61 Å². The molecule has 2 aliphatic rings. The summed E-state index contributed by atoms with van der Waals surface area (Å²) in [5, 5.41) is 9.11. The Morgan fingerprint density at radius 1 is 1.38 bits per heavy atom. The molecule has 4 heteroatoms. The number of ether oxygens (including phenoxy) is 2. The van der Waals surface area contributed by atoms with Gasteiger partial charge in [0.2, 0.25) is 0 Å². The number of fused-ring (bicyclic) bond motifs is 1. The first-order chi connectivity index (χ1) is 6.03. The third kappa shape index (κ3) is 1.48. The Labute approximate surface area is 78.0 Å². The van der Waals surface area contributed by atoms with Gasteiger partial charge in [0.1, 0.15) is 6.10 Å². The van der Waals surface area contributed by atoms with Gasteiger partial charge in [-0.3, -0.25) is 0 Å². The molecule has 0 bridgehead atoms. The molecule has 4 atom stereocenters. The maximum absolute atomic E-state index is 9.11. The molecule has 0 radical (unpaired) electrons. The van der Waals surface area contributed by atoms with E-state index in [1.54, 1.807) is 0 Å². The van der Waals surface area contributed by atoms with E-state index in [4.69, 9.17) is 20.3 Å². The van der Waals surface area contributed by atoms with Crippen LogP contribution in [0.4, 0.5) is 0 Å². The van der Waals surface area contributed by atoms with E-state index in [1.165, 1.54) is 0 Å². The summed E-state index contributed by atoms with van der Waals surface area (Å²) in [6, 6.07) is 0.00363. The van der Waals surface area contributed by atoms with Crippen LogP contribution in [-0.4, -0.2) is 35.8 Å². The van der Waals surface area contributed by atoms with Crippen LogP contribution in [0.1, 0.15) is 20.3 Å². The quantitative estimate of drug-likeness (QED) is 0.599. The second kappa shape index (κ2) is 2.92. The predicted molar refractivity (Wildman–Crippen MR) is 47.0 cm³/mol. The zero-order valence-corrected chi connectivity index (χ0v) is 8.06. The summed E-state index contributed by atoms with van der Waals surface area (Å²) in [4.78, 5) is 0. The van der Waals surface area contributed by atoms with Gasteiger partial charge in [-0.1, -0.05) is 0 Å². The van der Waals surface area contributed by atoms with Gasteiger partial charge in [-0.05, 0) is 20.3 Å². The Morgan fingerprint density at radius 3 is 2.62 bits per heavy atom. The number of aliphatic hydroxyl groups excluding tert-OH is 1. The average molecular weight is 187 g/mol. The van der Waals surface area contributed by atoms with E-state index in [9.17, 15) is 0 Å². The molecule has 13 heavy (non-hydrogen) atoms. The highest BCUT2D eigenvalue weighted by atomic mass is 16.8. The van der Waals surface area contributed by atoms with E-state index < -0.39 is 5.79 Å². The molecule has 2 rings (SSSR count). The molecule has 0 aromatic rings. The second-order valence-electron chi connectivity index (χ2n) is 4.41. The van der Waals surface area contributed by atoms with E-state index in [1.807, 2.05) is 13.8 Å². The van der Waals surface area contributed by atoms with Crippen LogP contribution in [0.15, 0.2) is 0 Å². The zero-order chi connectivity index (χ0) is 9.64. The van der Waals surface area contributed by atoms with Crippen molar-refractivity contribution < 1.29 is 14.6 Å². The number of aliphatic hydroxyl groups is 1. The molecule has 4 nitrogen and oxygen atoms in total. The van der Waals surface area contributed by atoms with Crippen molar-refractivity contribution >= 4 is 0 Å². The zero-order valence-electron chi connectivity index (χ0n) is 8.06. The van der Waals surface area contributed by atoms with Gasteiger partial charge in [0.15, 0.2) is 5.79 Å². The summed E-state index contributed by atoms with van der Waals surface area (Å²) in [7, 11) is 0. The van der Waals surface area contributed by atoms with Gasteiger partial charge in [0, 0.05) is 18.6 Å². The number of rotatable bonds is 1. The fourth-order valence-corrected chi connectivity index (χ4v) is 2.31. The first kappa shape index (κ1) is 9.40.